The Bertz CT molecular complexity index is 300. The summed E-state index contributed by atoms with van der Waals surface area (Å²) >= 11 is 0. The van der Waals surface area contributed by atoms with E-state index in [1.54, 1.807) is 0 Å². The first-order valence-electron chi connectivity index (χ1n) is 3.54. The lowest BCUT2D eigenvalue weighted by Crippen LogP contribution is -2.06. The number of nitrogens with one attached hydrogen (secondary N) is 1. The van der Waals surface area contributed by atoms with Crippen molar-refractivity contribution in [2.45, 2.75) is 12.8 Å². The van der Waals surface area contributed by atoms with Crippen molar-refractivity contribution in [1.29, 1.82) is 0 Å². The van der Waals surface area contributed by atoms with Crippen LogP contribution in [0.25, 0.3) is 0 Å². The van der Waals surface area contributed by atoms with Crippen LogP contribution in [0.1, 0.15) is 11.3 Å². The molecule has 70 valence electrons. The normalized spacial score (nSPS) is 9.85. The van der Waals surface area contributed by atoms with Crippen LogP contribution in [0.4, 0.5) is 0 Å². The molecule has 0 saturated heterocycles. The second-order valence-corrected chi connectivity index (χ2v) is 2.50. The zero-order chi connectivity index (χ0) is 9.84. The Hall–Kier alpha value is -1.85. The van der Waals surface area contributed by atoms with E-state index in [4.69, 9.17) is 10.2 Å². The van der Waals surface area contributed by atoms with Gasteiger partial charge in [0.1, 0.15) is 0 Å². The first-order chi connectivity index (χ1) is 6.09. The van der Waals surface area contributed by atoms with Gasteiger partial charge in [-0.15, -0.1) is 0 Å². The topological polar surface area (TPSA) is 103 Å². The zero-order valence-electron chi connectivity index (χ0n) is 6.65. The standard InChI is InChI=1S/C7H8N2O4/c10-6(11)1-4-3-8-9-5(4)2-7(12)13/h3H,1-2H2,(H,8,9)(H,10,11)(H,12,13). The number of aliphatic carboxylic acids is 2. The predicted molar refractivity (Wildman–Crippen MR) is 41.3 cm³/mol. The van der Waals surface area contributed by atoms with Crippen LogP contribution in [-0.2, 0) is 22.4 Å². The van der Waals surface area contributed by atoms with Gasteiger partial charge in [0.05, 0.1) is 18.5 Å². The van der Waals surface area contributed by atoms with Gasteiger partial charge in [-0.05, 0) is 0 Å². The van der Waals surface area contributed by atoms with Crippen molar-refractivity contribution in [1.82, 2.24) is 10.2 Å². The fraction of sp³-hybridized carbons (Fsp3) is 0.286. The Kier molecular flexibility index (Phi) is 2.63. The summed E-state index contributed by atoms with van der Waals surface area (Å²) in [6, 6.07) is 0. The summed E-state index contributed by atoms with van der Waals surface area (Å²) in [6.07, 6.45) is 0.928. The summed E-state index contributed by atoms with van der Waals surface area (Å²) in [6.45, 7) is 0. The molecule has 13 heavy (non-hydrogen) atoms. The van der Waals surface area contributed by atoms with E-state index in [9.17, 15) is 9.59 Å². The number of rotatable bonds is 4. The van der Waals surface area contributed by atoms with Gasteiger partial charge in [0.2, 0.25) is 0 Å². The first kappa shape index (κ1) is 9.24. The van der Waals surface area contributed by atoms with Gasteiger partial charge in [-0.2, -0.15) is 5.10 Å². The summed E-state index contributed by atoms with van der Waals surface area (Å²) in [4.78, 5) is 20.6. The average Bonchev–Trinajstić information content (AvgIpc) is 2.34. The molecule has 1 aromatic rings. The van der Waals surface area contributed by atoms with E-state index in [0.717, 1.165) is 0 Å². The Morgan fingerprint density at radius 2 is 1.92 bits per heavy atom. The fourth-order valence-corrected chi connectivity index (χ4v) is 0.956. The minimum atomic E-state index is -1.03. The maximum absolute atomic E-state index is 10.3. The Morgan fingerprint density at radius 1 is 1.31 bits per heavy atom. The molecule has 0 atom stereocenters. The Balaban J connectivity index is 2.76. The highest BCUT2D eigenvalue weighted by Crippen LogP contribution is 2.06. The van der Waals surface area contributed by atoms with E-state index in [0.29, 0.717) is 5.56 Å². The summed E-state index contributed by atoms with van der Waals surface area (Å²) < 4.78 is 0. The molecule has 0 amide bonds. The highest BCUT2D eigenvalue weighted by molar-refractivity contribution is 5.73. The summed E-state index contributed by atoms with van der Waals surface area (Å²) in [5.41, 5.74) is 0.685. The molecule has 0 aliphatic carbocycles. The lowest BCUT2D eigenvalue weighted by molar-refractivity contribution is -0.137. The van der Waals surface area contributed by atoms with E-state index in [1.165, 1.54) is 6.20 Å². The van der Waals surface area contributed by atoms with Gasteiger partial charge in [-0.3, -0.25) is 14.7 Å². The summed E-state index contributed by atoms with van der Waals surface area (Å²) in [5.74, 6) is -2.04. The molecule has 0 aromatic carbocycles. The van der Waals surface area contributed by atoms with Crippen LogP contribution in [-0.4, -0.2) is 32.3 Å². The third kappa shape index (κ3) is 2.58. The lowest BCUT2D eigenvalue weighted by atomic mass is 10.1. The molecule has 0 spiro atoms. The van der Waals surface area contributed by atoms with Crippen molar-refractivity contribution >= 4 is 11.9 Å². The molecule has 0 aliphatic heterocycles. The second kappa shape index (κ2) is 3.70. The molecule has 6 heteroatoms. The molecule has 0 aliphatic rings. The van der Waals surface area contributed by atoms with Crippen molar-refractivity contribution in [3.63, 3.8) is 0 Å². The highest BCUT2D eigenvalue weighted by Gasteiger charge is 2.11. The van der Waals surface area contributed by atoms with Gasteiger partial charge >= 0.3 is 11.9 Å². The number of nitrogens with zero attached hydrogens (tertiary/aromatic N) is 1. The smallest absolute Gasteiger partial charge is 0.309 e. The first-order valence-corrected chi connectivity index (χ1v) is 3.54. The van der Waals surface area contributed by atoms with Gasteiger partial charge in [0.25, 0.3) is 0 Å². The molecule has 1 aromatic heterocycles. The highest BCUT2D eigenvalue weighted by atomic mass is 16.4. The molecular formula is C7H8N2O4. The van der Waals surface area contributed by atoms with E-state index in [-0.39, 0.29) is 18.5 Å². The Labute approximate surface area is 73.2 Å². The number of H-pyrrole nitrogens is 1. The van der Waals surface area contributed by atoms with Crippen molar-refractivity contribution in [2.75, 3.05) is 0 Å². The number of hydrogen-bond donors (Lipinski definition) is 3. The monoisotopic (exact) mass is 184 g/mol. The van der Waals surface area contributed by atoms with Crippen molar-refractivity contribution in [2.24, 2.45) is 0 Å². The van der Waals surface area contributed by atoms with Crippen LogP contribution < -0.4 is 0 Å². The van der Waals surface area contributed by atoms with Gasteiger partial charge < -0.3 is 10.2 Å². The number of aromatic nitrogens is 2. The fourth-order valence-electron chi connectivity index (χ4n) is 0.956. The van der Waals surface area contributed by atoms with Crippen molar-refractivity contribution in [3.8, 4) is 0 Å². The Morgan fingerprint density at radius 3 is 2.46 bits per heavy atom. The average molecular weight is 184 g/mol. The third-order valence-corrected chi connectivity index (χ3v) is 1.47. The molecular weight excluding hydrogens is 176 g/mol. The molecule has 0 unspecified atom stereocenters. The van der Waals surface area contributed by atoms with Crippen LogP contribution >= 0.6 is 0 Å². The summed E-state index contributed by atoms with van der Waals surface area (Å²) in [7, 11) is 0. The number of hydrogen-bond acceptors (Lipinski definition) is 3. The van der Waals surface area contributed by atoms with Crippen molar-refractivity contribution in [3.05, 3.63) is 17.5 Å². The van der Waals surface area contributed by atoms with Crippen molar-refractivity contribution < 1.29 is 19.8 Å². The molecule has 6 nitrogen and oxygen atoms in total. The quantitative estimate of drug-likeness (QED) is 0.594. The van der Waals surface area contributed by atoms with Crippen LogP contribution in [0.2, 0.25) is 0 Å². The third-order valence-electron chi connectivity index (χ3n) is 1.47. The predicted octanol–water partition coefficient (Wildman–Crippen LogP) is -0.336. The van der Waals surface area contributed by atoms with E-state index < -0.39 is 11.9 Å². The number of aromatic amines is 1. The molecule has 3 N–H and O–H groups in total. The maximum atomic E-state index is 10.3. The largest absolute Gasteiger partial charge is 0.481 e. The maximum Gasteiger partial charge on any atom is 0.309 e. The SMILES string of the molecule is O=C(O)Cc1c[nH]nc1CC(=O)O. The molecule has 1 rings (SSSR count). The number of carboxylic acid groups (broad SMARTS) is 2. The van der Waals surface area contributed by atoms with Gasteiger partial charge in [0, 0.05) is 11.8 Å². The molecule has 0 saturated carbocycles. The van der Waals surface area contributed by atoms with E-state index in [2.05, 4.69) is 10.2 Å². The zero-order valence-corrected chi connectivity index (χ0v) is 6.65. The molecule has 0 radical (unpaired) electrons. The van der Waals surface area contributed by atoms with Crippen LogP contribution in [0.15, 0.2) is 6.20 Å². The summed E-state index contributed by atoms with van der Waals surface area (Å²) in [5, 5.41) is 23.0. The molecule has 0 fully saturated rings. The van der Waals surface area contributed by atoms with E-state index >= 15 is 0 Å². The van der Waals surface area contributed by atoms with Crippen LogP contribution in [0.5, 0.6) is 0 Å². The molecule has 0 bridgehead atoms. The van der Waals surface area contributed by atoms with E-state index in [1.807, 2.05) is 0 Å². The van der Waals surface area contributed by atoms with Crippen LogP contribution in [0.3, 0.4) is 0 Å². The van der Waals surface area contributed by atoms with Gasteiger partial charge in [-0.25, -0.2) is 0 Å². The number of carboxylic acids is 2. The molecule has 1 heterocycles. The van der Waals surface area contributed by atoms with Gasteiger partial charge in [-0.1, -0.05) is 0 Å². The van der Waals surface area contributed by atoms with Crippen LogP contribution in [0, 0.1) is 0 Å². The minimum Gasteiger partial charge on any atom is -0.481 e. The minimum absolute atomic E-state index is 0.209. The lowest BCUT2D eigenvalue weighted by Gasteiger charge is -1.94. The van der Waals surface area contributed by atoms with Gasteiger partial charge in [0.15, 0.2) is 0 Å². The second-order valence-electron chi connectivity index (χ2n) is 2.50. The number of carbonyl (C=O) groups is 2.